The zero-order valence-electron chi connectivity index (χ0n) is 23.4. The van der Waals surface area contributed by atoms with Gasteiger partial charge in [-0.05, 0) is 77.3 Å². The summed E-state index contributed by atoms with van der Waals surface area (Å²) >= 11 is 0. The molecule has 2 N–H and O–H groups in total. The van der Waals surface area contributed by atoms with Crippen LogP contribution in [0.3, 0.4) is 0 Å². The quantitative estimate of drug-likeness (QED) is 0.425. The first-order chi connectivity index (χ1) is 19.2. The highest BCUT2D eigenvalue weighted by molar-refractivity contribution is 5.77. The van der Waals surface area contributed by atoms with Crippen LogP contribution < -0.4 is 15.5 Å². The molecular formula is C29H37FN8O2. The number of hydrogen-bond donors (Lipinski definition) is 2. The molecule has 0 atom stereocenters. The molecule has 0 unspecified atom stereocenters. The molecule has 40 heavy (non-hydrogen) atoms. The zero-order valence-corrected chi connectivity index (χ0v) is 23.4. The molecule has 0 bridgehead atoms. The van der Waals surface area contributed by atoms with Gasteiger partial charge in [0.05, 0.1) is 23.3 Å². The van der Waals surface area contributed by atoms with Crippen LogP contribution in [0.1, 0.15) is 65.7 Å². The number of nitrogens with one attached hydrogen (secondary N) is 2. The summed E-state index contributed by atoms with van der Waals surface area (Å²) in [6.45, 7) is 6.55. The highest BCUT2D eigenvalue weighted by Crippen LogP contribution is 2.33. The molecule has 3 aromatic rings. The first kappa shape index (κ1) is 27.6. The van der Waals surface area contributed by atoms with E-state index in [0.29, 0.717) is 44.1 Å². The molecule has 1 saturated carbocycles. The maximum Gasteiger partial charge on any atom is 0.407 e. The number of fused-ring (bicyclic) bond motifs is 1. The fraction of sp³-hybridized carbons (Fsp3) is 0.552. The molecule has 1 amide bonds. The van der Waals surface area contributed by atoms with Crippen LogP contribution in [0.25, 0.3) is 16.9 Å². The first-order valence-corrected chi connectivity index (χ1v) is 14.1. The Morgan fingerprint density at radius 1 is 1.12 bits per heavy atom. The first-order valence-electron chi connectivity index (χ1n) is 14.1. The molecule has 3 aromatic heterocycles. The van der Waals surface area contributed by atoms with Crippen LogP contribution in [-0.2, 0) is 4.74 Å². The minimum absolute atomic E-state index is 0.0590. The van der Waals surface area contributed by atoms with E-state index in [-0.39, 0.29) is 23.7 Å². The molecule has 1 aliphatic heterocycles. The molecule has 4 heterocycles. The molecule has 5 rings (SSSR count). The van der Waals surface area contributed by atoms with Gasteiger partial charge in [-0.2, -0.15) is 14.8 Å². The van der Waals surface area contributed by atoms with Crippen molar-refractivity contribution in [1.29, 1.82) is 5.26 Å². The van der Waals surface area contributed by atoms with Crippen molar-refractivity contribution >= 4 is 23.2 Å². The number of rotatable bonds is 6. The third kappa shape index (κ3) is 6.43. The van der Waals surface area contributed by atoms with Gasteiger partial charge in [-0.15, -0.1) is 0 Å². The number of pyridine rings is 1. The lowest BCUT2D eigenvalue weighted by Crippen LogP contribution is -2.46. The lowest BCUT2D eigenvalue weighted by Gasteiger charge is -2.34. The van der Waals surface area contributed by atoms with Crippen molar-refractivity contribution < 1.29 is 13.9 Å². The van der Waals surface area contributed by atoms with E-state index in [2.05, 4.69) is 26.8 Å². The number of anilines is 2. The minimum Gasteiger partial charge on any atom is -0.444 e. The molecular weight excluding hydrogens is 511 g/mol. The number of hydrogen-bond acceptors (Lipinski definition) is 8. The topological polar surface area (TPSA) is 120 Å². The summed E-state index contributed by atoms with van der Waals surface area (Å²) in [4.78, 5) is 23.5. The molecule has 1 aliphatic carbocycles. The van der Waals surface area contributed by atoms with Gasteiger partial charge in [-0.25, -0.2) is 19.3 Å². The number of amides is 1. The number of ether oxygens (including phenoxy) is 1. The molecule has 0 spiro atoms. The summed E-state index contributed by atoms with van der Waals surface area (Å²) in [6, 6.07) is 8.04. The van der Waals surface area contributed by atoms with Gasteiger partial charge in [-0.3, -0.25) is 0 Å². The number of alkyl carbamates (subject to hydrolysis) is 1. The fourth-order valence-corrected chi connectivity index (χ4v) is 5.51. The van der Waals surface area contributed by atoms with Crippen molar-refractivity contribution in [3.05, 3.63) is 36.4 Å². The molecule has 212 valence electrons. The Labute approximate surface area is 233 Å². The Bertz CT molecular complexity index is 1380. The SMILES string of the molecule is CC(C)(C)OC(=O)NC1CCN(c2nc(-c3cnn4ccccc34)nc(NC3CCC(CC#N)CC3)c2F)CC1. The second-order valence-corrected chi connectivity index (χ2v) is 11.8. The number of nitriles is 1. The minimum atomic E-state index is -0.568. The third-order valence-corrected chi connectivity index (χ3v) is 7.58. The number of halogens is 1. The van der Waals surface area contributed by atoms with Crippen molar-refractivity contribution in [3.8, 4) is 17.5 Å². The predicted molar refractivity (Wildman–Crippen MR) is 150 cm³/mol. The molecule has 11 heteroatoms. The predicted octanol–water partition coefficient (Wildman–Crippen LogP) is 5.31. The van der Waals surface area contributed by atoms with Crippen LogP contribution in [0.4, 0.5) is 20.8 Å². The van der Waals surface area contributed by atoms with E-state index < -0.39 is 17.5 Å². The van der Waals surface area contributed by atoms with E-state index in [1.165, 1.54) is 0 Å². The Balaban J connectivity index is 1.38. The smallest absolute Gasteiger partial charge is 0.407 e. The largest absolute Gasteiger partial charge is 0.444 e. The van der Waals surface area contributed by atoms with Crippen LogP contribution in [0.2, 0.25) is 0 Å². The maximum atomic E-state index is 16.1. The molecule has 2 fully saturated rings. The summed E-state index contributed by atoms with van der Waals surface area (Å²) < 4.78 is 23.2. The zero-order chi connectivity index (χ0) is 28.3. The average Bonchev–Trinajstić information content (AvgIpc) is 3.35. The fourth-order valence-electron chi connectivity index (χ4n) is 5.51. The van der Waals surface area contributed by atoms with E-state index >= 15 is 4.39 Å². The highest BCUT2D eigenvalue weighted by Gasteiger charge is 2.29. The molecule has 1 saturated heterocycles. The van der Waals surface area contributed by atoms with Crippen LogP contribution >= 0.6 is 0 Å². The van der Waals surface area contributed by atoms with Crippen LogP contribution in [0.15, 0.2) is 30.6 Å². The van der Waals surface area contributed by atoms with Crippen molar-refractivity contribution in [1.82, 2.24) is 24.9 Å². The van der Waals surface area contributed by atoms with Crippen LogP contribution in [0, 0.1) is 23.1 Å². The highest BCUT2D eigenvalue weighted by atomic mass is 19.1. The molecule has 2 aliphatic rings. The number of carbonyl (C=O) groups excluding carboxylic acids is 1. The number of carbonyl (C=O) groups is 1. The molecule has 10 nitrogen and oxygen atoms in total. The summed E-state index contributed by atoms with van der Waals surface area (Å²) in [6.07, 6.45) is 8.55. The number of nitrogens with zero attached hydrogens (tertiary/aromatic N) is 6. The number of aromatic nitrogens is 4. The van der Waals surface area contributed by atoms with Gasteiger partial charge in [0.1, 0.15) is 5.60 Å². The van der Waals surface area contributed by atoms with Gasteiger partial charge < -0.3 is 20.3 Å². The van der Waals surface area contributed by atoms with Gasteiger partial charge in [0.2, 0.25) is 5.82 Å². The van der Waals surface area contributed by atoms with Crippen LogP contribution in [0.5, 0.6) is 0 Å². The van der Waals surface area contributed by atoms with Gasteiger partial charge in [0, 0.05) is 37.8 Å². The van der Waals surface area contributed by atoms with E-state index in [1.807, 2.05) is 50.1 Å². The standard InChI is InChI=1S/C29H37FN8O2/c1-29(2,3)40-28(39)34-21-12-16-37(17-13-21)27-24(30)26(33-20-9-7-19(8-10-20)11-14-31)35-25(36-27)22-18-32-38-15-5-4-6-23(22)38/h4-6,15,18-21H,7-13,16-17H2,1-3H3,(H,34,39)(H,33,35,36). The Hall–Kier alpha value is -3.94. The molecule has 0 aromatic carbocycles. The second kappa shape index (κ2) is 11.7. The van der Waals surface area contributed by atoms with Gasteiger partial charge >= 0.3 is 6.09 Å². The van der Waals surface area contributed by atoms with Crippen LogP contribution in [-0.4, -0.2) is 56.4 Å². The lowest BCUT2D eigenvalue weighted by molar-refractivity contribution is 0.0497. The summed E-state index contributed by atoms with van der Waals surface area (Å²) in [5.74, 6) is 0.772. The monoisotopic (exact) mass is 548 g/mol. The Morgan fingerprint density at radius 2 is 1.88 bits per heavy atom. The van der Waals surface area contributed by atoms with Crippen molar-refractivity contribution in [3.63, 3.8) is 0 Å². The van der Waals surface area contributed by atoms with Gasteiger partial charge in [-0.1, -0.05) is 6.07 Å². The maximum absolute atomic E-state index is 16.1. The van der Waals surface area contributed by atoms with E-state index in [4.69, 9.17) is 15.0 Å². The normalized spacial score (nSPS) is 20.2. The third-order valence-electron chi connectivity index (χ3n) is 7.58. The Kier molecular flexibility index (Phi) is 8.05. The second-order valence-electron chi connectivity index (χ2n) is 11.8. The van der Waals surface area contributed by atoms with Crippen molar-refractivity contribution in [2.45, 2.75) is 83.4 Å². The van der Waals surface area contributed by atoms with Gasteiger partial charge in [0.25, 0.3) is 0 Å². The summed E-state index contributed by atoms with van der Waals surface area (Å²) in [5.41, 5.74) is 0.995. The van der Waals surface area contributed by atoms with Crippen molar-refractivity contribution in [2.24, 2.45) is 5.92 Å². The lowest BCUT2D eigenvalue weighted by atomic mass is 9.84. The van der Waals surface area contributed by atoms with E-state index in [9.17, 15) is 4.79 Å². The van der Waals surface area contributed by atoms with Gasteiger partial charge in [0.15, 0.2) is 17.5 Å². The Morgan fingerprint density at radius 3 is 2.58 bits per heavy atom. The summed E-state index contributed by atoms with van der Waals surface area (Å²) in [7, 11) is 0. The summed E-state index contributed by atoms with van der Waals surface area (Å²) in [5, 5.41) is 19.8. The van der Waals surface area contributed by atoms with E-state index in [0.717, 1.165) is 36.8 Å². The van der Waals surface area contributed by atoms with Crippen molar-refractivity contribution in [2.75, 3.05) is 23.3 Å². The van der Waals surface area contributed by atoms with E-state index in [1.54, 1.807) is 10.7 Å². The average molecular weight is 549 g/mol. The molecule has 0 radical (unpaired) electrons. The number of piperidine rings is 1.